The molecule has 0 spiro atoms. The lowest BCUT2D eigenvalue weighted by Crippen LogP contribution is -2.42. The molecule has 1 fully saturated rings. The molecule has 0 saturated carbocycles. The molecule has 114 valence electrons. The number of hydrogen-bond acceptors (Lipinski definition) is 3. The van der Waals surface area contributed by atoms with Crippen molar-refractivity contribution >= 4 is 29.9 Å². The van der Waals surface area contributed by atoms with Crippen LogP contribution < -0.4 is 5.73 Å². The number of guanidine groups is 1. The van der Waals surface area contributed by atoms with E-state index >= 15 is 0 Å². The maximum atomic E-state index is 6.04. The van der Waals surface area contributed by atoms with Crippen LogP contribution >= 0.6 is 24.0 Å². The van der Waals surface area contributed by atoms with E-state index in [2.05, 4.69) is 21.8 Å². The molecule has 0 radical (unpaired) electrons. The van der Waals surface area contributed by atoms with Crippen molar-refractivity contribution in [3.63, 3.8) is 0 Å². The Morgan fingerprint density at radius 3 is 2.65 bits per heavy atom. The summed E-state index contributed by atoms with van der Waals surface area (Å²) in [6.45, 7) is 8.76. The molecule has 2 N–H and O–H groups in total. The third-order valence-corrected chi connectivity index (χ3v) is 3.73. The van der Waals surface area contributed by atoms with Crippen LogP contribution in [0.2, 0.25) is 0 Å². The van der Waals surface area contributed by atoms with E-state index in [0.29, 0.717) is 12.5 Å². The highest BCUT2D eigenvalue weighted by atomic mass is 127. The number of halogens is 1. The van der Waals surface area contributed by atoms with E-state index in [1.54, 1.807) is 0 Å². The molecule has 1 aromatic heterocycles. The Bertz CT molecular complexity index is 450. The van der Waals surface area contributed by atoms with Gasteiger partial charge in [0.05, 0.1) is 5.69 Å². The number of aryl methyl sites for hydroxylation is 2. The molecule has 5 nitrogen and oxygen atoms in total. The molecular formula is C14H25IN4O. The van der Waals surface area contributed by atoms with Crippen molar-refractivity contribution in [2.45, 2.75) is 46.6 Å². The van der Waals surface area contributed by atoms with E-state index in [9.17, 15) is 0 Å². The molecule has 0 aromatic carbocycles. The summed E-state index contributed by atoms with van der Waals surface area (Å²) in [6, 6.07) is 0. The van der Waals surface area contributed by atoms with Crippen LogP contribution in [0, 0.1) is 12.8 Å². The van der Waals surface area contributed by atoms with Gasteiger partial charge in [-0.15, -0.1) is 24.0 Å². The average molecular weight is 392 g/mol. The van der Waals surface area contributed by atoms with Crippen LogP contribution in [0.25, 0.3) is 0 Å². The first-order valence-electron chi connectivity index (χ1n) is 7.10. The topological polar surface area (TPSA) is 67.7 Å². The van der Waals surface area contributed by atoms with Gasteiger partial charge in [-0.1, -0.05) is 13.8 Å². The number of rotatable bonds is 3. The molecule has 1 saturated heterocycles. The normalized spacial score (nSPS) is 17.1. The van der Waals surface area contributed by atoms with Crippen LogP contribution in [0.3, 0.4) is 0 Å². The minimum Gasteiger partial charge on any atom is -0.443 e. The van der Waals surface area contributed by atoms with Crippen LogP contribution in [0.15, 0.2) is 9.41 Å². The lowest BCUT2D eigenvalue weighted by atomic mass is 10.00. The van der Waals surface area contributed by atoms with Crippen molar-refractivity contribution in [1.82, 2.24) is 9.88 Å². The highest BCUT2D eigenvalue weighted by Crippen LogP contribution is 2.16. The molecule has 1 aliphatic rings. The van der Waals surface area contributed by atoms with Crippen LogP contribution in [0.5, 0.6) is 0 Å². The first-order chi connectivity index (χ1) is 9.10. The van der Waals surface area contributed by atoms with Gasteiger partial charge < -0.3 is 15.1 Å². The average Bonchev–Trinajstić information content (AvgIpc) is 2.77. The Kier molecular flexibility index (Phi) is 6.78. The lowest BCUT2D eigenvalue weighted by Gasteiger charge is -2.30. The van der Waals surface area contributed by atoms with Gasteiger partial charge in [0.1, 0.15) is 12.3 Å². The van der Waals surface area contributed by atoms with Gasteiger partial charge in [-0.3, -0.25) is 0 Å². The summed E-state index contributed by atoms with van der Waals surface area (Å²) < 4.78 is 5.63. The van der Waals surface area contributed by atoms with Crippen molar-refractivity contribution in [3.05, 3.63) is 17.3 Å². The number of aromatic nitrogens is 1. The molecule has 6 heteroatoms. The third kappa shape index (κ3) is 4.36. The molecule has 1 aromatic rings. The summed E-state index contributed by atoms with van der Waals surface area (Å²) in [6.07, 6.45) is 3.19. The summed E-state index contributed by atoms with van der Waals surface area (Å²) in [7, 11) is 0. The van der Waals surface area contributed by atoms with Crippen LogP contribution in [-0.4, -0.2) is 28.9 Å². The van der Waals surface area contributed by atoms with Gasteiger partial charge in [-0.25, -0.2) is 9.98 Å². The molecule has 0 atom stereocenters. The Balaban J connectivity index is 0.00000200. The van der Waals surface area contributed by atoms with E-state index < -0.39 is 0 Å². The second kappa shape index (κ2) is 7.85. The number of oxazole rings is 1. The molecule has 0 amide bonds. The highest BCUT2D eigenvalue weighted by Gasteiger charge is 2.17. The van der Waals surface area contributed by atoms with Gasteiger partial charge in [0, 0.05) is 19.5 Å². The monoisotopic (exact) mass is 392 g/mol. The Morgan fingerprint density at radius 2 is 2.10 bits per heavy atom. The fraction of sp³-hybridized carbons (Fsp3) is 0.714. The van der Waals surface area contributed by atoms with Crippen molar-refractivity contribution in [2.75, 3.05) is 13.1 Å². The second-order valence-electron chi connectivity index (χ2n) is 5.31. The van der Waals surface area contributed by atoms with Crippen LogP contribution in [0.4, 0.5) is 0 Å². The standard InChI is InChI=1S/C14H24N4O.HI/c1-4-13-17-11(3)12(19-13)9-16-14(15)18-7-5-10(2)6-8-18;/h10H,4-9H2,1-3H3,(H2,15,16);1H. The van der Waals surface area contributed by atoms with Gasteiger partial charge in [0.25, 0.3) is 0 Å². The Morgan fingerprint density at radius 1 is 1.45 bits per heavy atom. The number of nitrogens with zero attached hydrogens (tertiary/aromatic N) is 3. The van der Waals surface area contributed by atoms with Crippen molar-refractivity contribution in [1.29, 1.82) is 0 Å². The van der Waals surface area contributed by atoms with Gasteiger partial charge in [-0.2, -0.15) is 0 Å². The lowest BCUT2D eigenvalue weighted by molar-refractivity contribution is 0.277. The first kappa shape index (κ1) is 17.3. The third-order valence-electron chi connectivity index (χ3n) is 3.73. The fourth-order valence-electron chi connectivity index (χ4n) is 2.28. The fourth-order valence-corrected chi connectivity index (χ4v) is 2.28. The maximum absolute atomic E-state index is 6.04. The summed E-state index contributed by atoms with van der Waals surface area (Å²) in [5, 5.41) is 0. The van der Waals surface area contributed by atoms with Gasteiger partial charge in [0.2, 0.25) is 0 Å². The summed E-state index contributed by atoms with van der Waals surface area (Å²) >= 11 is 0. The number of aliphatic imine (C=N–C) groups is 1. The molecule has 0 aliphatic carbocycles. The first-order valence-corrected chi connectivity index (χ1v) is 7.10. The summed E-state index contributed by atoms with van der Waals surface area (Å²) in [5.41, 5.74) is 6.96. The van der Waals surface area contributed by atoms with E-state index in [-0.39, 0.29) is 24.0 Å². The number of piperidine rings is 1. The number of hydrogen-bond donors (Lipinski definition) is 1. The zero-order chi connectivity index (χ0) is 13.8. The van der Waals surface area contributed by atoms with Crippen molar-refractivity contribution < 1.29 is 4.42 Å². The van der Waals surface area contributed by atoms with Crippen LogP contribution in [0.1, 0.15) is 44.0 Å². The minimum atomic E-state index is 0. The number of likely N-dealkylation sites (tertiary alicyclic amines) is 1. The van der Waals surface area contributed by atoms with Crippen molar-refractivity contribution in [2.24, 2.45) is 16.6 Å². The van der Waals surface area contributed by atoms with E-state index in [1.807, 2.05) is 13.8 Å². The summed E-state index contributed by atoms with van der Waals surface area (Å²) in [5.74, 6) is 3.02. The van der Waals surface area contributed by atoms with Gasteiger partial charge in [0.15, 0.2) is 11.9 Å². The largest absolute Gasteiger partial charge is 0.443 e. The van der Waals surface area contributed by atoms with E-state index in [1.165, 1.54) is 12.8 Å². The molecular weight excluding hydrogens is 367 g/mol. The zero-order valence-electron chi connectivity index (χ0n) is 12.6. The molecule has 1 aliphatic heterocycles. The molecule has 2 rings (SSSR count). The van der Waals surface area contributed by atoms with Crippen molar-refractivity contribution in [3.8, 4) is 0 Å². The number of nitrogens with two attached hydrogens (primary N) is 1. The zero-order valence-corrected chi connectivity index (χ0v) is 14.9. The van der Waals surface area contributed by atoms with E-state index in [4.69, 9.17) is 10.2 Å². The quantitative estimate of drug-likeness (QED) is 0.488. The molecule has 0 bridgehead atoms. The predicted octanol–water partition coefficient (Wildman–Crippen LogP) is 2.71. The maximum Gasteiger partial charge on any atom is 0.194 e. The minimum absolute atomic E-state index is 0. The predicted molar refractivity (Wildman–Crippen MR) is 91.3 cm³/mol. The van der Waals surface area contributed by atoms with Gasteiger partial charge in [-0.05, 0) is 25.7 Å². The molecule has 20 heavy (non-hydrogen) atoms. The Hall–Kier alpha value is -0.790. The summed E-state index contributed by atoms with van der Waals surface area (Å²) in [4.78, 5) is 10.9. The van der Waals surface area contributed by atoms with Crippen LogP contribution in [-0.2, 0) is 13.0 Å². The Labute approximate surface area is 138 Å². The second-order valence-corrected chi connectivity index (χ2v) is 5.31. The molecule has 0 unspecified atom stereocenters. The smallest absolute Gasteiger partial charge is 0.194 e. The van der Waals surface area contributed by atoms with E-state index in [0.717, 1.165) is 42.8 Å². The molecule has 2 heterocycles. The van der Waals surface area contributed by atoms with Gasteiger partial charge >= 0.3 is 0 Å². The SMILES string of the molecule is CCc1nc(C)c(CN=C(N)N2CCC(C)CC2)o1.I. The highest BCUT2D eigenvalue weighted by molar-refractivity contribution is 14.0.